The van der Waals surface area contributed by atoms with Crippen molar-refractivity contribution in [3.8, 4) is 0 Å². The van der Waals surface area contributed by atoms with Gasteiger partial charge in [0, 0.05) is 0 Å². The molecule has 0 amide bonds. The SMILES string of the molecule is NC[C@H]1[C@@H]2CC[C@@H](C2)[C@H]1c1ccccc1. The summed E-state index contributed by atoms with van der Waals surface area (Å²) in [5.74, 6) is 3.36. The Balaban J connectivity index is 1.92. The van der Waals surface area contributed by atoms with E-state index in [1.165, 1.54) is 24.8 Å². The van der Waals surface area contributed by atoms with Gasteiger partial charge in [-0.15, -0.1) is 0 Å². The average molecular weight is 201 g/mol. The first-order chi connectivity index (χ1) is 7.40. The van der Waals surface area contributed by atoms with E-state index < -0.39 is 0 Å². The molecule has 1 nitrogen and oxygen atoms in total. The second-order valence-corrected chi connectivity index (χ2v) is 5.17. The van der Waals surface area contributed by atoms with Crippen molar-refractivity contribution in [2.24, 2.45) is 23.5 Å². The van der Waals surface area contributed by atoms with Gasteiger partial charge in [0.1, 0.15) is 0 Å². The van der Waals surface area contributed by atoms with Gasteiger partial charge in [0.25, 0.3) is 0 Å². The number of hydrogen-bond acceptors (Lipinski definition) is 1. The van der Waals surface area contributed by atoms with E-state index in [1.807, 2.05) is 0 Å². The molecule has 2 aliphatic rings. The summed E-state index contributed by atoms with van der Waals surface area (Å²) >= 11 is 0. The van der Waals surface area contributed by atoms with Gasteiger partial charge in [-0.25, -0.2) is 0 Å². The molecule has 0 aliphatic heterocycles. The van der Waals surface area contributed by atoms with Crippen LogP contribution in [0.4, 0.5) is 0 Å². The van der Waals surface area contributed by atoms with Crippen molar-refractivity contribution in [2.45, 2.75) is 25.2 Å². The van der Waals surface area contributed by atoms with Crippen LogP contribution < -0.4 is 5.73 Å². The highest BCUT2D eigenvalue weighted by atomic mass is 14.6. The lowest BCUT2D eigenvalue weighted by molar-refractivity contribution is 0.295. The summed E-state index contributed by atoms with van der Waals surface area (Å²) in [6.45, 7) is 0.876. The van der Waals surface area contributed by atoms with Crippen LogP contribution in [0.15, 0.2) is 30.3 Å². The van der Waals surface area contributed by atoms with Crippen molar-refractivity contribution in [1.29, 1.82) is 0 Å². The lowest BCUT2D eigenvalue weighted by Crippen LogP contribution is -2.27. The zero-order chi connectivity index (χ0) is 10.3. The Morgan fingerprint density at radius 3 is 2.53 bits per heavy atom. The first-order valence-corrected chi connectivity index (χ1v) is 6.15. The van der Waals surface area contributed by atoms with Crippen LogP contribution >= 0.6 is 0 Å². The van der Waals surface area contributed by atoms with E-state index in [2.05, 4.69) is 30.3 Å². The van der Waals surface area contributed by atoms with Crippen molar-refractivity contribution < 1.29 is 0 Å². The van der Waals surface area contributed by atoms with Crippen molar-refractivity contribution >= 4 is 0 Å². The number of nitrogens with two attached hydrogens (primary N) is 1. The Hall–Kier alpha value is -0.820. The molecule has 80 valence electrons. The molecule has 1 aromatic carbocycles. The summed E-state index contributed by atoms with van der Waals surface area (Å²) in [6, 6.07) is 11.0. The van der Waals surface area contributed by atoms with E-state index in [1.54, 1.807) is 0 Å². The standard InChI is InChI=1S/C14H19N/c15-9-13-11-6-7-12(8-11)14(13)10-4-2-1-3-5-10/h1-5,11-14H,6-9,15H2/t11-,12+,13+,14-/m1/s1. The van der Waals surface area contributed by atoms with Crippen LogP contribution in [0.5, 0.6) is 0 Å². The fourth-order valence-corrected chi connectivity index (χ4v) is 3.94. The lowest BCUT2D eigenvalue weighted by Gasteiger charge is -2.30. The summed E-state index contributed by atoms with van der Waals surface area (Å²) in [4.78, 5) is 0. The highest BCUT2D eigenvalue weighted by Crippen LogP contribution is 2.56. The molecule has 0 radical (unpaired) electrons. The van der Waals surface area contributed by atoms with Crippen LogP contribution in [0, 0.1) is 17.8 Å². The molecular formula is C14H19N. The maximum absolute atomic E-state index is 5.95. The summed E-state index contributed by atoms with van der Waals surface area (Å²) in [5.41, 5.74) is 7.48. The summed E-state index contributed by atoms with van der Waals surface area (Å²) in [5, 5.41) is 0. The van der Waals surface area contributed by atoms with Crippen LogP contribution in [0.25, 0.3) is 0 Å². The van der Waals surface area contributed by atoms with Crippen molar-refractivity contribution in [1.82, 2.24) is 0 Å². The fourth-order valence-electron chi connectivity index (χ4n) is 3.94. The van der Waals surface area contributed by atoms with Gasteiger partial charge in [0.15, 0.2) is 0 Å². The molecule has 1 aromatic rings. The molecule has 0 unspecified atom stereocenters. The lowest BCUT2D eigenvalue weighted by atomic mass is 9.75. The molecule has 3 rings (SSSR count). The second kappa shape index (κ2) is 3.64. The number of hydrogen-bond donors (Lipinski definition) is 1. The minimum absolute atomic E-state index is 0.756. The molecule has 0 aromatic heterocycles. The number of rotatable bonds is 2. The first kappa shape index (κ1) is 9.41. The van der Waals surface area contributed by atoms with Crippen LogP contribution in [0.3, 0.4) is 0 Å². The van der Waals surface area contributed by atoms with Gasteiger partial charge >= 0.3 is 0 Å². The number of benzene rings is 1. The van der Waals surface area contributed by atoms with E-state index in [-0.39, 0.29) is 0 Å². The largest absolute Gasteiger partial charge is 0.330 e. The topological polar surface area (TPSA) is 26.0 Å². The number of fused-ring (bicyclic) bond motifs is 2. The van der Waals surface area contributed by atoms with Gasteiger partial charge in [-0.1, -0.05) is 30.3 Å². The van der Waals surface area contributed by atoms with E-state index in [9.17, 15) is 0 Å². The maximum Gasteiger partial charge on any atom is -0.00403 e. The molecule has 2 saturated carbocycles. The maximum atomic E-state index is 5.95. The Morgan fingerprint density at radius 1 is 1.07 bits per heavy atom. The highest BCUT2D eigenvalue weighted by Gasteiger charge is 2.46. The zero-order valence-electron chi connectivity index (χ0n) is 9.10. The third-order valence-electron chi connectivity index (χ3n) is 4.55. The molecule has 0 heterocycles. The molecule has 2 fully saturated rings. The molecular weight excluding hydrogens is 182 g/mol. The molecule has 0 saturated heterocycles. The summed E-state index contributed by atoms with van der Waals surface area (Å²) in [7, 11) is 0. The van der Waals surface area contributed by atoms with Crippen molar-refractivity contribution in [3.05, 3.63) is 35.9 Å². The van der Waals surface area contributed by atoms with E-state index >= 15 is 0 Å². The van der Waals surface area contributed by atoms with Gasteiger partial charge in [-0.2, -0.15) is 0 Å². The Kier molecular flexibility index (Phi) is 2.28. The van der Waals surface area contributed by atoms with Gasteiger partial charge in [0.2, 0.25) is 0 Å². The van der Waals surface area contributed by atoms with Crippen LogP contribution in [-0.4, -0.2) is 6.54 Å². The normalized spacial score (nSPS) is 38.5. The second-order valence-electron chi connectivity index (χ2n) is 5.17. The van der Waals surface area contributed by atoms with Gasteiger partial charge in [-0.05, 0) is 55.0 Å². The summed E-state index contributed by atoms with van der Waals surface area (Å²) in [6.07, 6.45) is 4.29. The Morgan fingerprint density at radius 2 is 1.80 bits per heavy atom. The van der Waals surface area contributed by atoms with Crippen molar-refractivity contribution in [2.75, 3.05) is 6.54 Å². The molecule has 4 atom stereocenters. The molecule has 15 heavy (non-hydrogen) atoms. The van der Waals surface area contributed by atoms with E-state index in [0.29, 0.717) is 0 Å². The van der Waals surface area contributed by atoms with Gasteiger partial charge in [-0.3, -0.25) is 0 Å². The zero-order valence-corrected chi connectivity index (χ0v) is 9.10. The van der Waals surface area contributed by atoms with Crippen LogP contribution in [0.1, 0.15) is 30.7 Å². The van der Waals surface area contributed by atoms with Crippen molar-refractivity contribution in [3.63, 3.8) is 0 Å². The average Bonchev–Trinajstić information content (AvgIpc) is 2.89. The first-order valence-electron chi connectivity index (χ1n) is 6.15. The molecule has 0 spiro atoms. The monoisotopic (exact) mass is 201 g/mol. The smallest absolute Gasteiger partial charge is 0.00403 e. The van der Waals surface area contributed by atoms with Gasteiger partial charge < -0.3 is 5.73 Å². The summed E-state index contributed by atoms with van der Waals surface area (Å²) < 4.78 is 0. The van der Waals surface area contributed by atoms with Crippen LogP contribution in [-0.2, 0) is 0 Å². The fraction of sp³-hybridized carbons (Fsp3) is 0.571. The minimum Gasteiger partial charge on any atom is -0.330 e. The molecule has 2 bridgehead atoms. The Labute approximate surface area is 91.7 Å². The van der Waals surface area contributed by atoms with E-state index in [0.717, 1.165) is 30.2 Å². The molecule has 2 aliphatic carbocycles. The van der Waals surface area contributed by atoms with Gasteiger partial charge in [0.05, 0.1) is 0 Å². The molecule has 1 heteroatoms. The predicted octanol–water partition coefficient (Wildman–Crippen LogP) is 2.78. The third kappa shape index (κ3) is 1.41. The predicted molar refractivity (Wildman–Crippen MR) is 62.6 cm³/mol. The van der Waals surface area contributed by atoms with E-state index in [4.69, 9.17) is 5.73 Å². The van der Waals surface area contributed by atoms with Crippen LogP contribution in [0.2, 0.25) is 0 Å². The minimum atomic E-state index is 0.756. The highest BCUT2D eigenvalue weighted by molar-refractivity contribution is 5.24. The Bertz CT molecular complexity index is 332. The molecule has 2 N–H and O–H groups in total. The third-order valence-corrected chi connectivity index (χ3v) is 4.55. The quantitative estimate of drug-likeness (QED) is 0.782.